The van der Waals surface area contributed by atoms with E-state index >= 15 is 0 Å². The van der Waals surface area contributed by atoms with Gasteiger partial charge in [-0.3, -0.25) is 14.5 Å². The van der Waals surface area contributed by atoms with Gasteiger partial charge in [-0.25, -0.2) is 0 Å². The van der Waals surface area contributed by atoms with Gasteiger partial charge in [-0.1, -0.05) is 12.1 Å². The van der Waals surface area contributed by atoms with Gasteiger partial charge in [-0.2, -0.15) is 26.3 Å². The Balaban J connectivity index is 1.30. The number of halogens is 6. The van der Waals surface area contributed by atoms with Gasteiger partial charge in [0.1, 0.15) is 5.75 Å². The predicted octanol–water partition coefficient (Wildman–Crippen LogP) is 6.11. The van der Waals surface area contributed by atoms with Gasteiger partial charge in [-0.15, -0.1) is 11.3 Å². The number of hydrogen-bond acceptors (Lipinski definition) is 5. The Morgan fingerprint density at radius 1 is 0.930 bits per heavy atom. The molecule has 2 aliphatic heterocycles. The molecule has 230 valence electrons. The molecule has 6 nitrogen and oxygen atoms in total. The Kier molecular flexibility index (Phi) is 8.50. The Morgan fingerprint density at radius 2 is 1.58 bits per heavy atom. The molecule has 3 aromatic rings. The van der Waals surface area contributed by atoms with Crippen molar-refractivity contribution in [2.45, 2.75) is 37.8 Å². The van der Waals surface area contributed by atoms with Crippen molar-refractivity contribution >= 4 is 23.2 Å². The van der Waals surface area contributed by atoms with Crippen molar-refractivity contribution in [3.8, 4) is 5.75 Å². The molecule has 0 saturated carbocycles. The first kappa shape index (κ1) is 30.9. The number of methoxy groups -OCH3 is 1. The first-order valence-corrected chi connectivity index (χ1v) is 14.5. The second-order valence-corrected chi connectivity index (χ2v) is 11.7. The van der Waals surface area contributed by atoms with Crippen LogP contribution in [-0.2, 0) is 23.6 Å². The number of alkyl halides is 6. The van der Waals surface area contributed by atoms with Crippen LogP contribution in [0.25, 0.3) is 0 Å². The Hall–Kier alpha value is -3.58. The van der Waals surface area contributed by atoms with Gasteiger partial charge in [0.05, 0.1) is 30.8 Å². The van der Waals surface area contributed by atoms with Crippen LogP contribution in [0, 0.1) is 0 Å². The van der Waals surface area contributed by atoms with E-state index in [4.69, 9.17) is 4.74 Å². The van der Waals surface area contributed by atoms with Crippen LogP contribution in [0.2, 0.25) is 0 Å². The SMILES string of the molecule is COc1ccc(C2c3ccsc3CCN2CC(=O)N2CCN(C(=O)c3cc(C(F)(F)F)cc(C(F)(F)F)c3)C(C)C2)cc1. The van der Waals surface area contributed by atoms with Crippen molar-refractivity contribution < 1.29 is 40.7 Å². The standard InChI is InChI=1S/C30H29F6N3O3S/c1-18-16-37(10-11-39(18)28(41)20-13-21(29(31,32)33)15-22(14-20)30(34,35)36)26(40)17-38-9-7-25-24(8-12-43-25)27(38)19-3-5-23(42-2)6-4-19/h3-6,8,12-15,18,27H,7,9-11,16-17H2,1-2H3. The third-order valence-corrected chi connectivity index (χ3v) is 8.91. The summed E-state index contributed by atoms with van der Waals surface area (Å²) in [5.41, 5.74) is -1.65. The molecule has 43 heavy (non-hydrogen) atoms. The average Bonchev–Trinajstić information content (AvgIpc) is 3.44. The first-order valence-electron chi connectivity index (χ1n) is 13.6. The van der Waals surface area contributed by atoms with Crippen molar-refractivity contribution in [3.05, 3.63) is 86.6 Å². The molecular formula is C30H29F6N3O3S. The molecule has 2 amide bonds. The van der Waals surface area contributed by atoms with Gasteiger partial charge >= 0.3 is 12.4 Å². The monoisotopic (exact) mass is 625 g/mol. The van der Waals surface area contributed by atoms with Gasteiger partial charge in [0, 0.05) is 42.7 Å². The van der Waals surface area contributed by atoms with E-state index in [0.29, 0.717) is 24.4 Å². The summed E-state index contributed by atoms with van der Waals surface area (Å²) >= 11 is 1.68. The minimum absolute atomic E-state index is 0.00430. The number of nitrogens with zero attached hydrogens (tertiary/aromatic N) is 3. The number of rotatable bonds is 5. The smallest absolute Gasteiger partial charge is 0.416 e. The number of ether oxygens (including phenoxy) is 1. The van der Waals surface area contributed by atoms with Gasteiger partial charge in [0.2, 0.25) is 5.91 Å². The summed E-state index contributed by atoms with van der Waals surface area (Å²) < 4.78 is 85.3. The van der Waals surface area contributed by atoms with Crippen LogP contribution in [-0.4, -0.2) is 72.4 Å². The molecular weight excluding hydrogens is 596 g/mol. The van der Waals surface area contributed by atoms with Crippen molar-refractivity contribution in [3.63, 3.8) is 0 Å². The molecule has 2 unspecified atom stereocenters. The van der Waals surface area contributed by atoms with E-state index in [-0.39, 0.29) is 44.2 Å². The third kappa shape index (κ3) is 6.52. The number of hydrogen-bond donors (Lipinski definition) is 0. The highest BCUT2D eigenvalue weighted by Gasteiger charge is 2.39. The molecule has 0 aliphatic carbocycles. The number of fused-ring (bicyclic) bond motifs is 1. The summed E-state index contributed by atoms with van der Waals surface area (Å²) in [6.45, 7) is 2.55. The lowest BCUT2D eigenvalue weighted by atomic mass is 9.93. The molecule has 0 N–H and O–H groups in total. The molecule has 2 aliphatic rings. The number of benzene rings is 2. The summed E-state index contributed by atoms with van der Waals surface area (Å²) in [5, 5.41) is 2.03. The fourth-order valence-electron chi connectivity index (χ4n) is 5.72. The highest BCUT2D eigenvalue weighted by atomic mass is 32.1. The van der Waals surface area contributed by atoms with E-state index < -0.39 is 41.0 Å². The quantitative estimate of drug-likeness (QED) is 0.321. The van der Waals surface area contributed by atoms with E-state index in [2.05, 4.69) is 11.0 Å². The van der Waals surface area contributed by atoms with Gasteiger partial charge in [-0.05, 0) is 66.2 Å². The summed E-state index contributed by atoms with van der Waals surface area (Å²) in [6, 6.07) is 9.85. The van der Waals surface area contributed by atoms with Crippen molar-refractivity contribution in [1.29, 1.82) is 0 Å². The lowest BCUT2D eigenvalue weighted by Gasteiger charge is -2.42. The molecule has 3 heterocycles. The molecule has 1 fully saturated rings. The predicted molar refractivity (Wildman–Crippen MR) is 148 cm³/mol. The molecule has 13 heteroatoms. The van der Waals surface area contributed by atoms with Crippen LogP contribution < -0.4 is 4.74 Å². The Bertz CT molecular complexity index is 1460. The molecule has 5 rings (SSSR count). The van der Waals surface area contributed by atoms with Crippen LogP contribution in [0.4, 0.5) is 26.3 Å². The van der Waals surface area contributed by atoms with E-state index in [1.807, 2.05) is 29.6 Å². The van der Waals surface area contributed by atoms with Crippen LogP contribution in [0.3, 0.4) is 0 Å². The third-order valence-electron chi connectivity index (χ3n) is 7.91. The zero-order valence-electron chi connectivity index (χ0n) is 23.3. The number of amides is 2. The average molecular weight is 626 g/mol. The number of thiophene rings is 1. The highest BCUT2D eigenvalue weighted by molar-refractivity contribution is 7.10. The second kappa shape index (κ2) is 11.8. The van der Waals surface area contributed by atoms with Gasteiger partial charge in [0.15, 0.2) is 0 Å². The fourth-order valence-corrected chi connectivity index (χ4v) is 6.62. The van der Waals surface area contributed by atoms with Crippen LogP contribution >= 0.6 is 11.3 Å². The van der Waals surface area contributed by atoms with Crippen LogP contribution in [0.1, 0.15) is 50.5 Å². The lowest BCUT2D eigenvalue weighted by Crippen LogP contribution is -2.57. The summed E-state index contributed by atoms with van der Waals surface area (Å²) in [4.78, 5) is 32.9. The largest absolute Gasteiger partial charge is 0.497 e. The lowest BCUT2D eigenvalue weighted by molar-refractivity contribution is -0.143. The van der Waals surface area contributed by atoms with Crippen LogP contribution in [0.5, 0.6) is 5.75 Å². The maximum Gasteiger partial charge on any atom is 0.416 e. The molecule has 0 spiro atoms. The molecule has 2 atom stereocenters. The van der Waals surface area contributed by atoms with Crippen molar-refractivity contribution in [1.82, 2.24) is 14.7 Å². The van der Waals surface area contributed by atoms with Gasteiger partial charge in [0.25, 0.3) is 5.91 Å². The van der Waals surface area contributed by atoms with E-state index in [1.54, 1.807) is 30.3 Å². The van der Waals surface area contributed by atoms with Crippen molar-refractivity contribution in [2.24, 2.45) is 0 Å². The van der Waals surface area contributed by atoms with Gasteiger partial charge < -0.3 is 14.5 Å². The summed E-state index contributed by atoms with van der Waals surface area (Å²) in [5.74, 6) is -0.403. The molecule has 1 aromatic heterocycles. The molecule has 0 bridgehead atoms. The Labute approximate surface area is 248 Å². The summed E-state index contributed by atoms with van der Waals surface area (Å²) in [6.07, 6.45) is -9.33. The highest BCUT2D eigenvalue weighted by Crippen LogP contribution is 2.39. The zero-order valence-corrected chi connectivity index (χ0v) is 24.2. The maximum absolute atomic E-state index is 13.5. The summed E-state index contributed by atoms with van der Waals surface area (Å²) in [7, 11) is 1.59. The number of carbonyl (C=O) groups is 2. The molecule has 2 aromatic carbocycles. The fraction of sp³-hybridized carbons (Fsp3) is 0.400. The second-order valence-electron chi connectivity index (χ2n) is 10.7. The van der Waals surface area contributed by atoms with E-state index in [1.165, 1.54) is 9.78 Å². The normalized spacial score (nSPS) is 19.7. The molecule has 1 saturated heterocycles. The first-order chi connectivity index (χ1) is 20.3. The number of piperazine rings is 1. The van der Waals surface area contributed by atoms with E-state index in [0.717, 1.165) is 17.5 Å². The zero-order chi connectivity index (χ0) is 31.1. The van der Waals surface area contributed by atoms with Crippen molar-refractivity contribution in [2.75, 3.05) is 39.8 Å². The minimum Gasteiger partial charge on any atom is -0.497 e. The van der Waals surface area contributed by atoms with Crippen LogP contribution in [0.15, 0.2) is 53.9 Å². The minimum atomic E-state index is -5.06. The number of carbonyl (C=O) groups excluding carboxylic acids is 2. The molecule has 0 radical (unpaired) electrons. The topological polar surface area (TPSA) is 53.1 Å². The Morgan fingerprint density at radius 3 is 2.16 bits per heavy atom. The van der Waals surface area contributed by atoms with E-state index in [9.17, 15) is 35.9 Å². The maximum atomic E-state index is 13.5.